The van der Waals surface area contributed by atoms with Gasteiger partial charge in [-0.2, -0.15) is 0 Å². The van der Waals surface area contributed by atoms with E-state index >= 15 is 0 Å². The first-order chi connectivity index (χ1) is 18.3. The molecule has 0 unspecified atom stereocenters. The topological polar surface area (TPSA) is 42.6 Å². The third-order valence-corrected chi connectivity index (χ3v) is 8.83. The smallest absolute Gasteiger partial charge is 0.113 e. The molecular weight excluding hydrogens is 468 g/mol. The number of benzene rings is 2. The molecule has 3 aromatic rings. The Morgan fingerprint density at radius 3 is 2.42 bits per heavy atom. The molecule has 2 aliphatic heterocycles. The van der Waals surface area contributed by atoms with E-state index in [1.165, 1.54) is 41.0 Å². The van der Waals surface area contributed by atoms with Crippen molar-refractivity contribution >= 4 is 16.7 Å². The molecule has 1 aromatic heterocycles. The lowest BCUT2D eigenvalue weighted by Crippen LogP contribution is -2.35. The summed E-state index contributed by atoms with van der Waals surface area (Å²) in [6.45, 7) is 17.0. The molecule has 0 bridgehead atoms. The maximum atomic E-state index is 5.69. The van der Waals surface area contributed by atoms with Crippen molar-refractivity contribution in [1.82, 2.24) is 14.5 Å². The van der Waals surface area contributed by atoms with Crippen LogP contribution in [0.5, 0.6) is 0 Å². The summed E-state index contributed by atoms with van der Waals surface area (Å²) in [4.78, 5) is 12.8. The number of aliphatic imine (C=N–C) groups is 1. The number of aromatic nitrogens is 2. The first kappa shape index (κ1) is 27.1. The van der Waals surface area contributed by atoms with Crippen LogP contribution in [0.1, 0.15) is 83.2 Å². The molecule has 0 amide bonds. The SMILES string of the molecule is CCOCCn1c(C2CCN(CCc3ccc(C(C)(C)C4=NC(C)(C)CC4)cc3)CC2)nc2ccccc21. The van der Waals surface area contributed by atoms with Crippen molar-refractivity contribution in [3.63, 3.8) is 0 Å². The standard InChI is InChI=1S/C33H46N4O/c1-6-38-24-23-37-29-10-8-7-9-28(29)34-31(37)26-17-21-36(22-18-26)20-16-25-11-13-27(14-12-25)33(4,5)30-15-19-32(2,3)35-30/h7-14,26H,6,15-24H2,1-5H3. The number of rotatable bonds is 10. The average Bonchev–Trinajstić information content (AvgIpc) is 3.48. The van der Waals surface area contributed by atoms with E-state index in [9.17, 15) is 0 Å². The van der Waals surface area contributed by atoms with Gasteiger partial charge in [-0.05, 0) is 89.2 Å². The lowest BCUT2D eigenvalue weighted by molar-refractivity contribution is 0.138. The van der Waals surface area contributed by atoms with Gasteiger partial charge in [0.2, 0.25) is 0 Å². The molecule has 1 fully saturated rings. The Labute approximate surface area is 229 Å². The van der Waals surface area contributed by atoms with Crippen LogP contribution >= 0.6 is 0 Å². The Morgan fingerprint density at radius 2 is 1.74 bits per heavy atom. The van der Waals surface area contributed by atoms with Gasteiger partial charge in [0.15, 0.2) is 0 Å². The number of fused-ring (bicyclic) bond motifs is 1. The molecule has 0 atom stereocenters. The minimum atomic E-state index is 0.00729. The van der Waals surface area contributed by atoms with Gasteiger partial charge in [0.25, 0.3) is 0 Å². The number of ether oxygens (including phenoxy) is 1. The van der Waals surface area contributed by atoms with Crippen LogP contribution in [0.4, 0.5) is 0 Å². The second-order valence-corrected chi connectivity index (χ2v) is 12.4. The Bertz CT molecular complexity index is 1250. The van der Waals surface area contributed by atoms with Gasteiger partial charge in [-0.25, -0.2) is 4.98 Å². The highest BCUT2D eigenvalue weighted by molar-refractivity contribution is 5.96. The van der Waals surface area contributed by atoms with E-state index in [1.807, 2.05) is 0 Å². The number of para-hydroxylation sites is 2. The molecule has 5 rings (SSSR count). The monoisotopic (exact) mass is 514 g/mol. The maximum absolute atomic E-state index is 5.69. The minimum Gasteiger partial charge on any atom is -0.380 e. The summed E-state index contributed by atoms with van der Waals surface area (Å²) in [6, 6.07) is 17.9. The van der Waals surface area contributed by atoms with Gasteiger partial charge in [-0.1, -0.05) is 50.2 Å². The quantitative estimate of drug-likeness (QED) is 0.280. The van der Waals surface area contributed by atoms with Gasteiger partial charge in [-0.15, -0.1) is 0 Å². The first-order valence-electron chi connectivity index (χ1n) is 14.7. The van der Waals surface area contributed by atoms with E-state index in [-0.39, 0.29) is 11.0 Å². The molecule has 0 radical (unpaired) electrons. The number of nitrogens with zero attached hydrogens (tertiary/aromatic N) is 4. The van der Waals surface area contributed by atoms with Gasteiger partial charge in [-0.3, -0.25) is 4.99 Å². The van der Waals surface area contributed by atoms with Crippen LogP contribution in [-0.4, -0.2) is 58.5 Å². The van der Waals surface area contributed by atoms with E-state index < -0.39 is 0 Å². The number of hydrogen-bond acceptors (Lipinski definition) is 4. The normalized spacial score (nSPS) is 18.8. The number of piperidine rings is 1. The fourth-order valence-electron chi connectivity index (χ4n) is 6.25. The lowest BCUT2D eigenvalue weighted by atomic mass is 9.78. The Hall–Kier alpha value is -2.50. The second-order valence-electron chi connectivity index (χ2n) is 12.4. The first-order valence-corrected chi connectivity index (χ1v) is 14.7. The summed E-state index contributed by atoms with van der Waals surface area (Å²) >= 11 is 0. The predicted molar refractivity (Wildman–Crippen MR) is 159 cm³/mol. The van der Waals surface area contributed by atoms with Gasteiger partial charge < -0.3 is 14.2 Å². The van der Waals surface area contributed by atoms with Crippen LogP contribution < -0.4 is 0 Å². The number of likely N-dealkylation sites (tertiary alicyclic amines) is 1. The predicted octanol–water partition coefficient (Wildman–Crippen LogP) is 6.79. The molecule has 0 aliphatic carbocycles. The molecule has 0 saturated carbocycles. The zero-order valence-electron chi connectivity index (χ0n) is 24.2. The molecule has 1 saturated heterocycles. The van der Waals surface area contributed by atoms with E-state index in [4.69, 9.17) is 14.7 Å². The molecule has 5 heteroatoms. The fourth-order valence-corrected chi connectivity index (χ4v) is 6.25. The summed E-state index contributed by atoms with van der Waals surface area (Å²) in [5.74, 6) is 1.77. The molecule has 5 nitrogen and oxygen atoms in total. The minimum absolute atomic E-state index is 0.00729. The summed E-state index contributed by atoms with van der Waals surface area (Å²) in [5, 5.41) is 0. The molecule has 2 aliphatic rings. The molecule has 0 N–H and O–H groups in total. The molecule has 2 aromatic carbocycles. The number of hydrogen-bond donors (Lipinski definition) is 0. The van der Waals surface area contributed by atoms with Gasteiger partial charge >= 0.3 is 0 Å². The largest absolute Gasteiger partial charge is 0.380 e. The highest BCUT2D eigenvalue weighted by Crippen LogP contribution is 2.35. The highest BCUT2D eigenvalue weighted by atomic mass is 16.5. The Kier molecular flexibility index (Phi) is 8.06. The van der Waals surface area contributed by atoms with E-state index in [0.717, 1.165) is 64.2 Å². The summed E-state index contributed by atoms with van der Waals surface area (Å²) in [7, 11) is 0. The third kappa shape index (κ3) is 5.89. The Balaban J connectivity index is 1.16. The summed E-state index contributed by atoms with van der Waals surface area (Å²) in [5.41, 5.74) is 6.61. The molecule has 0 spiro atoms. The van der Waals surface area contributed by atoms with Crippen molar-refractivity contribution in [3.8, 4) is 0 Å². The number of imidazole rings is 1. The van der Waals surface area contributed by atoms with Crippen molar-refractivity contribution in [2.75, 3.05) is 32.8 Å². The van der Waals surface area contributed by atoms with Crippen molar-refractivity contribution in [2.45, 2.75) is 90.1 Å². The summed E-state index contributed by atoms with van der Waals surface area (Å²) < 4.78 is 8.10. The van der Waals surface area contributed by atoms with Crippen LogP contribution in [0.2, 0.25) is 0 Å². The maximum Gasteiger partial charge on any atom is 0.113 e. The van der Waals surface area contributed by atoms with E-state index in [1.54, 1.807) is 0 Å². The average molecular weight is 515 g/mol. The molecule has 204 valence electrons. The van der Waals surface area contributed by atoms with Crippen molar-refractivity contribution in [1.29, 1.82) is 0 Å². The van der Waals surface area contributed by atoms with Crippen LogP contribution in [0.15, 0.2) is 53.5 Å². The zero-order valence-corrected chi connectivity index (χ0v) is 24.2. The van der Waals surface area contributed by atoms with Crippen LogP contribution in [0, 0.1) is 0 Å². The fraction of sp³-hybridized carbons (Fsp3) is 0.576. The van der Waals surface area contributed by atoms with E-state index in [2.05, 4.69) is 92.6 Å². The highest BCUT2D eigenvalue weighted by Gasteiger charge is 2.34. The van der Waals surface area contributed by atoms with Crippen LogP contribution in [0.3, 0.4) is 0 Å². The lowest BCUT2D eigenvalue weighted by Gasteiger charge is -2.32. The summed E-state index contributed by atoms with van der Waals surface area (Å²) in [6.07, 6.45) is 5.71. The molecule has 38 heavy (non-hydrogen) atoms. The third-order valence-electron chi connectivity index (χ3n) is 8.83. The van der Waals surface area contributed by atoms with Crippen molar-refractivity contribution in [2.24, 2.45) is 4.99 Å². The van der Waals surface area contributed by atoms with Crippen molar-refractivity contribution < 1.29 is 4.74 Å². The molecular formula is C33H46N4O. The van der Waals surface area contributed by atoms with Crippen LogP contribution in [-0.2, 0) is 23.1 Å². The van der Waals surface area contributed by atoms with Gasteiger partial charge in [0.1, 0.15) is 5.82 Å². The Morgan fingerprint density at radius 1 is 1.00 bits per heavy atom. The van der Waals surface area contributed by atoms with Crippen LogP contribution in [0.25, 0.3) is 11.0 Å². The van der Waals surface area contributed by atoms with Gasteiger partial charge in [0.05, 0.1) is 23.2 Å². The van der Waals surface area contributed by atoms with Crippen molar-refractivity contribution in [3.05, 3.63) is 65.5 Å². The molecule has 3 heterocycles. The van der Waals surface area contributed by atoms with E-state index in [0.29, 0.717) is 5.92 Å². The second kappa shape index (κ2) is 11.3. The zero-order chi connectivity index (χ0) is 26.8. The van der Waals surface area contributed by atoms with Gasteiger partial charge in [0, 0.05) is 36.7 Å².